The molecule has 1 aromatic rings. The van der Waals surface area contributed by atoms with Crippen LogP contribution in [-0.4, -0.2) is 39.1 Å². The van der Waals surface area contributed by atoms with Crippen LogP contribution >= 0.6 is 0 Å². The summed E-state index contributed by atoms with van der Waals surface area (Å²) in [5.74, 6) is -1.01. The van der Waals surface area contributed by atoms with E-state index in [0.717, 1.165) is 0 Å². The zero-order chi connectivity index (χ0) is 18.6. The third-order valence-corrected chi connectivity index (χ3v) is 6.00. The van der Waals surface area contributed by atoms with E-state index >= 15 is 0 Å². The maximum absolute atomic E-state index is 13.4. The fourth-order valence-corrected chi connectivity index (χ4v) is 3.73. The Balaban J connectivity index is 2.34. The van der Waals surface area contributed by atoms with Gasteiger partial charge in [0.2, 0.25) is 0 Å². The number of alkyl halides is 2. The van der Waals surface area contributed by atoms with Crippen LogP contribution in [0.5, 0.6) is 0 Å². The van der Waals surface area contributed by atoms with Gasteiger partial charge in [-0.3, -0.25) is 0 Å². The van der Waals surface area contributed by atoms with E-state index in [0.29, 0.717) is 5.56 Å². The molecule has 1 aliphatic rings. The predicted octanol–water partition coefficient (Wildman–Crippen LogP) is 3.51. The normalized spacial score (nSPS) is 24.3. The number of sulfone groups is 1. The van der Waals surface area contributed by atoms with Gasteiger partial charge in [0.05, 0.1) is 22.8 Å². The molecule has 2 rings (SSSR count). The molecule has 0 amide bonds. The lowest BCUT2D eigenvalue weighted by molar-refractivity contribution is -0.136. The number of hydrogen-bond acceptors (Lipinski definition) is 4. The fourth-order valence-electron chi connectivity index (χ4n) is 2.84. The van der Waals surface area contributed by atoms with Gasteiger partial charge in [-0.25, -0.2) is 22.0 Å². The predicted molar refractivity (Wildman–Crippen MR) is 91.3 cm³/mol. The smallest absolute Gasteiger partial charge is 0.338 e. The Hall–Kier alpha value is -1.76. The quantitative estimate of drug-likeness (QED) is 0.566. The number of carbonyl (C=O) groups excluding carboxylic acids is 1. The summed E-state index contributed by atoms with van der Waals surface area (Å²) < 4.78 is 55.6. The van der Waals surface area contributed by atoms with Crippen molar-refractivity contribution in [2.24, 2.45) is 5.92 Å². The molecule has 1 aromatic carbocycles. The van der Waals surface area contributed by atoms with E-state index in [1.807, 2.05) is 0 Å². The minimum absolute atomic E-state index is 0.0202. The molecule has 1 unspecified atom stereocenters. The first kappa shape index (κ1) is 19.6. The van der Waals surface area contributed by atoms with Gasteiger partial charge in [-0.2, -0.15) is 0 Å². The molecular formula is C18H22F2O4S. The number of hydrogen-bond donors (Lipinski definition) is 0. The van der Waals surface area contributed by atoms with Crippen molar-refractivity contribution in [2.75, 3.05) is 12.4 Å². The van der Waals surface area contributed by atoms with Gasteiger partial charge in [0.1, 0.15) is 12.3 Å². The lowest BCUT2D eigenvalue weighted by Crippen LogP contribution is -2.09. The van der Waals surface area contributed by atoms with Gasteiger partial charge in [-0.15, -0.1) is 0 Å². The van der Waals surface area contributed by atoms with Crippen molar-refractivity contribution in [2.45, 2.75) is 43.9 Å². The average molecular weight is 372 g/mol. The van der Waals surface area contributed by atoms with Crippen LogP contribution in [0.4, 0.5) is 8.78 Å². The largest absolute Gasteiger partial charge is 0.462 e. The van der Waals surface area contributed by atoms with Gasteiger partial charge in [0.25, 0.3) is 0 Å². The molecule has 1 fully saturated rings. The number of halogens is 2. The number of benzene rings is 1. The summed E-state index contributed by atoms with van der Waals surface area (Å²) in [5, 5.41) is 0. The molecule has 0 saturated heterocycles. The highest BCUT2D eigenvalue weighted by molar-refractivity contribution is 7.91. The van der Waals surface area contributed by atoms with Crippen molar-refractivity contribution in [3.63, 3.8) is 0 Å². The highest BCUT2D eigenvalue weighted by Crippen LogP contribution is 2.34. The summed E-state index contributed by atoms with van der Waals surface area (Å²) in [4.78, 5) is 12.4. The summed E-state index contributed by atoms with van der Waals surface area (Å²) in [5.41, 5.74) is 0.666. The standard InChI is InChI=1S/C18H22F2O4S/c1-3-24-18(21)15(9-12-10-16(19)17(20)11-12)13-5-7-14(8-6-13)25(22,23)4-2/h5-9,12,16-17H,3-4,10-11H2,1-2H3/b15-9+/t12?,16-,17+. The van der Waals surface area contributed by atoms with Gasteiger partial charge in [0, 0.05) is 0 Å². The lowest BCUT2D eigenvalue weighted by Gasteiger charge is -2.11. The van der Waals surface area contributed by atoms with Gasteiger partial charge < -0.3 is 4.74 Å². The van der Waals surface area contributed by atoms with E-state index in [1.165, 1.54) is 30.3 Å². The highest BCUT2D eigenvalue weighted by atomic mass is 32.2. The lowest BCUT2D eigenvalue weighted by atomic mass is 9.98. The average Bonchev–Trinajstić information content (AvgIpc) is 2.91. The molecule has 0 radical (unpaired) electrons. The van der Waals surface area contributed by atoms with Gasteiger partial charge in [-0.1, -0.05) is 25.1 Å². The molecule has 0 spiro atoms. The second-order valence-corrected chi connectivity index (χ2v) is 8.27. The maximum atomic E-state index is 13.4. The molecule has 1 aliphatic carbocycles. The molecule has 138 valence electrons. The van der Waals surface area contributed by atoms with Crippen LogP contribution in [0.25, 0.3) is 5.57 Å². The van der Waals surface area contributed by atoms with Crippen LogP contribution in [0, 0.1) is 5.92 Å². The summed E-state index contributed by atoms with van der Waals surface area (Å²) in [7, 11) is -3.34. The molecule has 3 atom stereocenters. The van der Waals surface area contributed by atoms with Crippen LogP contribution in [0.1, 0.15) is 32.3 Å². The summed E-state index contributed by atoms with van der Waals surface area (Å²) in [6.07, 6.45) is -1.48. The minimum Gasteiger partial charge on any atom is -0.462 e. The Kier molecular flexibility index (Phi) is 6.32. The Morgan fingerprint density at radius 3 is 2.20 bits per heavy atom. The Labute approximate surface area is 146 Å². The number of allylic oxidation sites excluding steroid dienone is 1. The van der Waals surface area contributed by atoms with Crippen molar-refractivity contribution >= 4 is 21.4 Å². The second kappa shape index (κ2) is 8.08. The van der Waals surface area contributed by atoms with Crippen molar-refractivity contribution in [1.82, 2.24) is 0 Å². The van der Waals surface area contributed by atoms with E-state index in [2.05, 4.69) is 0 Å². The van der Waals surface area contributed by atoms with E-state index in [-0.39, 0.29) is 35.7 Å². The molecule has 25 heavy (non-hydrogen) atoms. The molecule has 0 aromatic heterocycles. The van der Waals surface area contributed by atoms with Gasteiger partial charge >= 0.3 is 5.97 Å². The SMILES string of the molecule is CCOC(=O)/C(=C/C1C[C@@H](F)[C@@H](F)C1)c1ccc(S(=O)(=O)CC)cc1. The molecule has 0 aliphatic heterocycles. The van der Waals surface area contributed by atoms with Crippen LogP contribution in [0.2, 0.25) is 0 Å². The first-order valence-corrected chi connectivity index (χ1v) is 9.94. The highest BCUT2D eigenvalue weighted by Gasteiger charge is 2.34. The molecule has 0 bridgehead atoms. The Morgan fingerprint density at radius 2 is 1.72 bits per heavy atom. The summed E-state index contributed by atoms with van der Waals surface area (Å²) >= 11 is 0. The van der Waals surface area contributed by atoms with Crippen LogP contribution < -0.4 is 0 Å². The van der Waals surface area contributed by atoms with Crippen LogP contribution in [-0.2, 0) is 19.4 Å². The maximum Gasteiger partial charge on any atom is 0.338 e. The van der Waals surface area contributed by atoms with Crippen molar-refractivity contribution in [3.8, 4) is 0 Å². The van der Waals surface area contributed by atoms with E-state index < -0.39 is 34.1 Å². The molecule has 7 heteroatoms. The third-order valence-electron chi connectivity index (χ3n) is 4.25. The molecular weight excluding hydrogens is 350 g/mol. The zero-order valence-corrected chi connectivity index (χ0v) is 15.1. The van der Waals surface area contributed by atoms with Gasteiger partial charge in [-0.05, 0) is 43.4 Å². The molecule has 4 nitrogen and oxygen atoms in total. The van der Waals surface area contributed by atoms with E-state index in [1.54, 1.807) is 13.8 Å². The van der Waals surface area contributed by atoms with E-state index in [9.17, 15) is 22.0 Å². The van der Waals surface area contributed by atoms with Gasteiger partial charge in [0.15, 0.2) is 9.84 Å². The van der Waals surface area contributed by atoms with Crippen molar-refractivity contribution < 1.29 is 26.7 Å². The number of rotatable bonds is 6. The second-order valence-electron chi connectivity index (χ2n) is 5.99. The zero-order valence-electron chi connectivity index (χ0n) is 14.2. The number of carbonyl (C=O) groups is 1. The molecule has 0 heterocycles. The topological polar surface area (TPSA) is 60.4 Å². The van der Waals surface area contributed by atoms with Crippen LogP contribution in [0.3, 0.4) is 0 Å². The third kappa shape index (κ3) is 4.66. The van der Waals surface area contributed by atoms with Crippen LogP contribution in [0.15, 0.2) is 35.2 Å². The van der Waals surface area contributed by atoms with E-state index in [4.69, 9.17) is 4.74 Å². The van der Waals surface area contributed by atoms with Crippen molar-refractivity contribution in [3.05, 3.63) is 35.9 Å². The Bertz CT molecular complexity index is 731. The monoisotopic (exact) mass is 372 g/mol. The number of ether oxygens (including phenoxy) is 1. The minimum atomic E-state index is -3.34. The number of esters is 1. The Morgan fingerprint density at radius 1 is 1.16 bits per heavy atom. The first-order valence-electron chi connectivity index (χ1n) is 8.28. The first-order chi connectivity index (χ1) is 11.8. The summed E-state index contributed by atoms with van der Waals surface area (Å²) in [6.45, 7) is 3.38. The fraction of sp³-hybridized carbons (Fsp3) is 0.500. The summed E-state index contributed by atoms with van der Waals surface area (Å²) in [6, 6.07) is 5.87. The molecule has 0 N–H and O–H groups in total. The van der Waals surface area contributed by atoms with Crippen molar-refractivity contribution in [1.29, 1.82) is 0 Å². The molecule has 1 saturated carbocycles.